The van der Waals surface area contributed by atoms with Crippen LogP contribution in [0.2, 0.25) is 0 Å². The number of likely N-dealkylation sites (N-methyl/N-ethyl adjacent to an activating group) is 1. The Bertz CT molecular complexity index is 653. The molecule has 1 N–H and O–H groups in total. The van der Waals surface area contributed by atoms with E-state index in [0.29, 0.717) is 6.54 Å². The van der Waals surface area contributed by atoms with Gasteiger partial charge < -0.3 is 5.32 Å². The van der Waals surface area contributed by atoms with Gasteiger partial charge in [0.15, 0.2) is 0 Å². The zero-order valence-corrected chi connectivity index (χ0v) is 13.7. The fourth-order valence-electron chi connectivity index (χ4n) is 3.22. The van der Waals surface area contributed by atoms with E-state index in [-0.39, 0.29) is 11.9 Å². The van der Waals surface area contributed by atoms with Gasteiger partial charge in [-0.05, 0) is 45.0 Å². The first-order chi connectivity index (χ1) is 11.3. The van der Waals surface area contributed by atoms with Gasteiger partial charge in [-0.15, -0.1) is 5.10 Å². The Labute approximate surface area is 136 Å². The number of fused-ring (bicyclic) bond motifs is 1. The van der Waals surface area contributed by atoms with Gasteiger partial charge >= 0.3 is 0 Å². The summed E-state index contributed by atoms with van der Waals surface area (Å²) in [5, 5.41) is 11.4. The van der Waals surface area contributed by atoms with Gasteiger partial charge in [-0.2, -0.15) is 0 Å². The van der Waals surface area contributed by atoms with E-state index >= 15 is 0 Å². The summed E-state index contributed by atoms with van der Waals surface area (Å²) in [6.45, 7) is 2.46. The summed E-state index contributed by atoms with van der Waals surface area (Å²) in [5.74, 6) is 0.165. The third-order valence-electron chi connectivity index (χ3n) is 4.59. The van der Waals surface area contributed by atoms with Crippen LogP contribution in [0.5, 0.6) is 0 Å². The molecule has 1 fully saturated rings. The molecule has 124 valence electrons. The van der Waals surface area contributed by atoms with Crippen LogP contribution >= 0.6 is 0 Å². The number of likely N-dealkylation sites (tertiary alicyclic amines) is 1. The number of benzene rings is 1. The summed E-state index contributed by atoms with van der Waals surface area (Å²) in [7, 11) is 2.05. The Morgan fingerprint density at radius 2 is 2.17 bits per heavy atom. The van der Waals surface area contributed by atoms with E-state index < -0.39 is 0 Å². The smallest absolute Gasteiger partial charge is 0.237 e. The Hall–Kier alpha value is -1.95. The lowest BCUT2D eigenvalue weighted by atomic mass is 10.1. The van der Waals surface area contributed by atoms with Crippen molar-refractivity contribution >= 4 is 16.9 Å². The lowest BCUT2D eigenvalue weighted by Gasteiger charge is -2.24. The number of aromatic nitrogens is 3. The molecule has 0 radical (unpaired) electrons. The van der Waals surface area contributed by atoms with E-state index in [4.69, 9.17) is 0 Å². The molecule has 1 aliphatic rings. The molecule has 1 atom stereocenters. The van der Waals surface area contributed by atoms with Crippen molar-refractivity contribution in [3.63, 3.8) is 0 Å². The minimum atomic E-state index is 0.0321. The monoisotopic (exact) mass is 315 g/mol. The number of nitrogens with one attached hydrogen (secondary N) is 1. The molecule has 6 nitrogen and oxygen atoms in total. The molecule has 1 aromatic carbocycles. The van der Waals surface area contributed by atoms with Gasteiger partial charge in [-0.25, -0.2) is 4.68 Å². The number of carbonyl (C=O) groups is 1. The number of rotatable bonds is 5. The molecular weight excluding hydrogens is 290 g/mol. The number of aryl methyl sites for hydroxylation is 1. The summed E-state index contributed by atoms with van der Waals surface area (Å²) in [6.07, 6.45) is 5.39. The van der Waals surface area contributed by atoms with Gasteiger partial charge in [0.2, 0.25) is 5.91 Å². The zero-order valence-electron chi connectivity index (χ0n) is 13.7. The lowest BCUT2D eigenvalue weighted by Crippen LogP contribution is -2.45. The molecule has 1 amide bonds. The average Bonchev–Trinajstić information content (AvgIpc) is 2.85. The van der Waals surface area contributed by atoms with Crippen molar-refractivity contribution < 1.29 is 4.79 Å². The highest BCUT2D eigenvalue weighted by molar-refractivity contribution is 5.81. The van der Waals surface area contributed by atoms with Crippen molar-refractivity contribution in [2.75, 3.05) is 20.1 Å². The number of para-hydroxylation sites is 1. The van der Waals surface area contributed by atoms with Gasteiger partial charge in [0, 0.05) is 13.1 Å². The minimum Gasteiger partial charge on any atom is -0.355 e. The largest absolute Gasteiger partial charge is 0.355 e. The fourth-order valence-corrected chi connectivity index (χ4v) is 3.22. The van der Waals surface area contributed by atoms with Crippen LogP contribution in [-0.2, 0) is 11.3 Å². The highest BCUT2D eigenvalue weighted by Crippen LogP contribution is 2.15. The second kappa shape index (κ2) is 7.55. The van der Waals surface area contributed by atoms with Crippen LogP contribution in [0.3, 0.4) is 0 Å². The molecule has 0 bridgehead atoms. The lowest BCUT2D eigenvalue weighted by molar-refractivity contribution is -0.126. The Morgan fingerprint density at radius 1 is 1.30 bits per heavy atom. The van der Waals surface area contributed by atoms with Crippen molar-refractivity contribution in [3.8, 4) is 0 Å². The molecule has 3 rings (SSSR count). The molecule has 0 aliphatic carbocycles. The predicted molar refractivity (Wildman–Crippen MR) is 90.0 cm³/mol. The number of amides is 1. The van der Waals surface area contributed by atoms with Crippen LogP contribution in [0.25, 0.3) is 11.0 Å². The Kier molecular flexibility index (Phi) is 5.23. The summed E-state index contributed by atoms with van der Waals surface area (Å²) in [4.78, 5) is 14.5. The fraction of sp³-hybridized carbons (Fsp3) is 0.588. The SMILES string of the molecule is CN1CCCCCC1C(=O)NCCCn1nnc2ccccc21. The Balaban J connectivity index is 1.46. The van der Waals surface area contributed by atoms with E-state index in [0.717, 1.165) is 43.4 Å². The first-order valence-corrected chi connectivity index (χ1v) is 8.52. The van der Waals surface area contributed by atoms with Crippen LogP contribution in [0.15, 0.2) is 24.3 Å². The van der Waals surface area contributed by atoms with Crippen molar-refractivity contribution in [2.24, 2.45) is 0 Å². The average molecular weight is 315 g/mol. The standard InChI is InChI=1S/C17H25N5O/c1-21-12-6-2-3-10-16(21)17(23)18-11-7-13-22-15-9-5-4-8-14(15)19-20-22/h4-5,8-9,16H,2-3,6-7,10-13H2,1H3,(H,18,23). The quantitative estimate of drug-likeness (QED) is 0.855. The van der Waals surface area contributed by atoms with Gasteiger partial charge in [-0.3, -0.25) is 9.69 Å². The normalized spacial score (nSPS) is 19.6. The molecule has 1 saturated heterocycles. The summed E-state index contributed by atoms with van der Waals surface area (Å²) in [5.41, 5.74) is 1.96. The molecule has 2 aromatic rings. The molecule has 2 heterocycles. The van der Waals surface area contributed by atoms with Gasteiger partial charge in [-0.1, -0.05) is 30.2 Å². The molecule has 23 heavy (non-hydrogen) atoms. The maximum absolute atomic E-state index is 12.3. The van der Waals surface area contributed by atoms with Crippen molar-refractivity contribution in [3.05, 3.63) is 24.3 Å². The maximum atomic E-state index is 12.3. The molecule has 1 aromatic heterocycles. The summed E-state index contributed by atoms with van der Waals surface area (Å²) >= 11 is 0. The molecule has 1 unspecified atom stereocenters. The van der Waals surface area contributed by atoms with Crippen LogP contribution < -0.4 is 5.32 Å². The zero-order chi connectivity index (χ0) is 16.1. The number of hydrogen-bond acceptors (Lipinski definition) is 4. The Morgan fingerprint density at radius 3 is 3.09 bits per heavy atom. The van der Waals surface area contributed by atoms with Gasteiger partial charge in [0.05, 0.1) is 11.6 Å². The molecular formula is C17H25N5O. The van der Waals surface area contributed by atoms with Crippen LogP contribution in [-0.4, -0.2) is 52.0 Å². The van der Waals surface area contributed by atoms with E-state index in [1.165, 1.54) is 12.8 Å². The maximum Gasteiger partial charge on any atom is 0.237 e. The predicted octanol–water partition coefficient (Wildman–Crippen LogP) is 1.81. The van der Waals surface area contributed by atoms with Gasteiger partial charge in [0.1, 0.15) is 5.52 Å². The van der Waals surface area contributed by atoms with E-state index in [1.807, 2.05) is 28.9 Å². The minimum absolute atomic E-state index is 0.0321. The molecule has 6 heteroatoms. The first-order valence-electron chi connectivity index (χ1n) is 8.52. The summed E-state index contributed by atoms with van der Waals surface area (Å²) in [6, 6.07) is 7.97. The highest BCUT2D eigenvalue weighted by Gasteiger charge is 2.24. The van der Waals surface area contributed by atoms with Gasteiger partial charge in [0.25, 0.3) is 0 Å². The first kappa shape index (κ1) is 15.9. The third-order valence-corrected chi connectivity index (χ3v) is 4.59. The number of carbonyl (C=O) groups excluding carboxylic acids is 1. The topological polar surface area (TPSA) is 63.1 Å². The molecule has 0 saturated carbocycles. The van der Waals surface area contributed by atoms with Crippen LogP contribution in [0, 0.1) is 0 Å². The van der Waals surface area contributed by atoms with Crippen molar-refractivity contribution in [1.29, 1.82) is 0 Å². The van der Waals surface area contributed by atoms with E-state index in [2.05, 4.69) is 27.6 Å². The van der Waals surface area contributed by atoms with E-state index in [1.54, 1.807) is 0 Å². The number of nitrogens with zero attached hydrogens (tertiary/aromatic N) is 4. The number of hydrogen-bond donors (Lipinski definition) is 1. The molecule has 1 aliphatic heterocycles. The van der Waals surface area contributed by atoms with Crippen molar-refractivity contribution in [1.82, 2.24) is 25.2 Å². The van der Waals surface area contributed by atoms with Crippen LogP contribution in [0.1, 0.15) is 32.1 Å². The summed E-state index contributed by atoms with van der Waals surface area (Å²) < 4.78 is 1.90. The van der Waals surface area contributed by atoms with Crippen molar-refractivity contribution in [2.45, 2.75) is 44.7 Å². The second-order valence-corrected chi connectivity index (χ2v) is 6.29. The van der Waals surface area contributed by atoms with E-state index in [9.17, 15) is 4.79 Å². The second-order valence-electron chi connectivity index (χ2n) is 6.29. The third kappa shape index (κ3) is 3.88. The molecule has 0 spiro atoms. The van der Waals surface area contributed by atoms with Crippen LogP contribution in [0.4, 0.5) is 0 Å². The highest BCUT2D eigenvalue weighted by atomic mass is 16.2.